The van der Waals surface area contributed by atoms with Crippen molar-refractivity contribution in [3.8, 4) is 0 Å². The van der Waals surface area contributed by atoms with E-state index in [0.29, 0.717) is 5.66 Å². The average Bonchev–Trinajstić information content (AvgIpc) is 2.65. The molecule has 0 spiro atoms. The van der Waals surface area contributed by atoms with Crippen LogP contribution in [0.2, 0.25) is 0 Å². The standard InChI is InChI=1S/C22H24P.BrH/c1-3-19(2)23(20-13-7-4-8-14-20,21-15-9-5-10-16-21)22-17-11-6-12-18-22;/h4-19H,3H2,1-2H3;1H/q+1;. The second-order valence-electron chi connectivity index (χ2n) is 5.99. The lowest BCUT2D eigenvalue weighted by molar-refractivity contribution is 0.893. The zero-order chi connectivity index (χ0) is 16.1. The van der Waals surface area contributed by atoms with Crippen molar-refractivity contribution < 1.29 is 0 Å². The van der Waals surface area contributed by atoms with Gasteiger partial charge in [-0.25, -0.2) is 0 Å². The highest BCUT2D eigenvalue weighted by Crippen LogP contribution is 2.60. The minimum atomic E-state index is -1.64. The molecule has 0 saturated heterocycles. The molecular formula is C22H25BrP+. The monoisotopic (exact) mass is 399 g/mol. The van der Waals surface area contributed by atoms with Crippen LogP contribution < -0.4 is 15.9 Å². The van der Waals surface area contributed by atoms with Gasteiger partial charge in [-0.05, 0) is 49.7 Å². The Bertz CT molecular complexity index is 629. The molecule has 0 aliphatic carbocycles. The maximum absolute atomic E-state index is 2.42. The first-order chi connectivity index (χ1) is 11.3. The number of halogens is 1. The van der Waals surface area contributed by atoms with Crippen molar-refractivity contribution in [2.45, 2.75) is 25.9 Å². The van der Waals surface area contributed by atoms with E-state index in [0.717, 1.165) is 0 Å². The fourth-order valence-corrected chi connectivity index (χ4v) is 8.37. The Kier molecular flexibility index (Phi) is 6.78. The van der Waals surface area contributed by atoms with Crippen LogP contribution in [0.4, 0.5) is 0 Å². The molecule has 2 heteroatoms. The van der Waals surface area contributed by atoms with E-state index >= 15 is 0 Å². The summed E-state index contributed by atoms with van der Waals surface area (Å²) >= 11 is 0. The van der Waals surface area contributed by atoms with Crippen molar-refractivity contribution >= 4 is 40.2 Å². The van der Waals surface area contributed by atoms with Gasteiger partial charge in [0.05, 0.1) is 5.66 Å². The van der Waals surface area contributed by atoms with Crippen molar-refractivity contribution in [3.63, 3.8) is 0 Å². The average molecular weight is 400 g/mol. The topological polar surface area (TPSA) is 0 Å². The summed E-state index contributed by atoms with van der Waals surface area (Å²) < 4.78 is 0. The molecule has 0 N–H and O–H groups in total. The van der Waals surface area contributed by atoms with Crippen molar-refractivity contribution in [2.75, 3.05) is 0 Å². The van der Waals surface area contributed by atoms with Gasteiger partial charge in [-0.3, -0.25) is 0 Å². The fraction of sp³-hybridized carbons (Fsp3) is 0.182. The van der Waals surface area contributed by atoms with Crippen LogP contribution in [0.3, 0.4) is 0 Å². The Balaban J connectivity index is 0.00000208. The molecule has 0 nitrogen and oxygen atoms in total. The summed E-state index contributed by atoms with van der Waals surface area (Å²) in [4.78, 5) is 0. The normalized spacial score (nSPS) is 12.2. The highest BCUT2D eigenvalue weighted by molar-refractivity contribution is 8.93. The molecule has 24 heavy (non-hydrogen) atoms. The van der Waals surface area contributed by atoms with Crippen molar-refractivity contribution in [3.05, 3.63) is 91.0 Å². The van der Waals surface area contributed by atoms with Gasteiger partial charge in [0, 0.05) is 0 Å². The zero-order valence-corrected chi connectivity index (χ0v) is 16.9. The van der Waals surface area contributed by atoms with Crippen molar-refractivity contribution in [1.29, 1.82) is 0 Å². The van der Waals surface area contributed by atoms with E-state index in [-0.39, 0.29) is 17.0 Å². The second kappa shape index (κ2) is 8.60. The Morgan fingerprint density at radius 1 is 0.625 bits per heavy atom. The summed E-state index contributed by atoms with van der Waals surface area (Å²) in [5.74, 6) is 0. The van der Waals surface area contributed by atoms with Crippen LogP contribution in [-0.2, 0) is 0 Å². The predicted octanol–water partition coefficient (Wildman–Crippen LogP) is 5.36. The lowest BCUT2D eigenvalue weighted by Gasteiger charge is -2.32. The summed E-state index contributed by atoms with van der Waals surface area (Å²) in [5, 5.41) is 4.44. The molecule has 0 aromatic heterocycles. The molecule has 0 fully saturated rings. The maximum atomic E-state index is 2.42. The molecule has 1 unspecified atom stereocenters. The van der Waals surface area contributed by atoms with Crippen LogP contribution in [0, 0.1) is 0 Å². The van der Waals surface area contributed by atoms with Gasteiger partial charge in [-0.2, -0.15) is 0 Å². The molecule has 0 bridgehead atoms. The Hall–Kier alpha value is -1.43. The molecule has 0 aliphatic rings. The largest absolute Gasteiger partial charge is 0.114 e. The number of hydrogen-bond acceptors (Lipinski definition) is 0. The van der Waals surface area contributed by atoms with E-state index in [1.807, 2.05) is 0 Å². The second-order valence-corrected chi connectivity index (χ2v) is 9.86. The summed E-state index contributed by atoms with van der Waals surface area (Å²) in [6.45, 7) is 4.73. The van der Waals surface area contributed by atoms with Crippen molar-refractivity contribution in [1.82, 2.24) is 0 Å². The Morgan fingerprint density at radius 3 is 1.17 bits per heavy atom. The third-order valence-corrected chi connectivity index (χ3v) is 9.77. The molecule has 0 saturated carbocycles. The van der Waals surface area contributed by atoms with E-state index in [9.17, 15) is 0 Å². The maximum Gasteiger partial charge on any atom is 0.114 e. The van der Waals surface area contributed by atoms with Crippen LogP contribution in [0.1, 0.15) is 20.3 Å². The van der Waals surface area contributed by atoms with Crippen LogP contribution in [0.15, 0.2) is 91.0 Å². The lowest BCUT2D eigenvalue weighted by Crippen LogP contribution is -2.37. The predicted molar refractivity (Wildman–Crippen MR) is 115 cm³/mol. The lowest BCUT2D eigenvalue weighted by atomic mass is 10.3. The number of hydrogen-bond donors (Lipinski definition) is 0. The molecule has 1 atom stereocenters. The number of rotatable bonds is 5. The Labute approximate surface area is 157 Å². The smallest absolute Gasteiger partial charge is 0.114 e. The highest BCUT2D eigenvalue weighted by Gasteiger charge is 2.49. The van der Waals surface area contributed by atoms with Crippen LogP contribution >= 0.6 is 24.2 Å². The molecule has 0 aliphatic heterocycles. The van der Waals surface area contributed by atoms with E-state index in [2.05, 4.69) is 105 Å². The molecule has 3 rings (SSSR count). The van der Waals surface area contributed by atoms with Gasteiger partial charge in [-0.1, -0.05) is 61.5 Å². The first-order valence-corrected chi connectivity index (χ1v) is 10.2. The minimum absolute atomic E-state index is 0. The van der Waals surface area contributed by atoms with Gasteiger partial charge in [0.15, 0.2) is 0 Å². The van der Waals surface area contributed by atoms with Gasteiger partial charge in [-0.15, -0.1) is 17.0 Å². The molecule has 0 amide bonds. The third-order valence-electron chi connectivity index (χ3n) is 4.74. The quantitative estimate of drug-likeness (QED) is 0.506. The first kappa shape index (κ1) is 18.9. The van der Waals surface area contributed by atoms with E-state index in [1.165, 1.54) is 22.3 Å². The summed E-state index contributed by atoms with van der Waals surface area (Å²) in [6, 6.07) is 33.3. The van der Waals surface area contributed by atoms with Crippen LogP contribution in [-0.4, -0.2) is 5.66 Å². The van der Waals surface area contributed by atoms with Gasteiger partial charge >= 0.3 is 0 Å². The summed E-state index contributed by atoms with van der Waals surface area (Å²) in [5.41, 5.74) is 0.606. The van der Waals surface area contributed by atoms with Gasteiger partial charge < -0.3 is 0 Å². The highest BCUT2D eigenvalue weighted by atomic mass is 79.9. The fourth-order valence-electron chi connectivity index (χ4n) is 3.47. The summed E-state index contributed by atoms with van der Waals surface area (Å²) in [6.07, 6.45) is 1.17. The van der Waals surface area contributed by atoms with E-state index < -0.39 is 7.26 Å². The Morgan fingerprint density at radius 2 is 0.917 bits per heavy atom. The van der Waals surface area contributed by atoms with E-state index in [1.54, 1.807) is 0 Å². The third kappa shape index (κ3) is 3.34. The van der Waals surface area contributed by atoms with Crippen molar-refractivity contribution in [2.24, 2.45) is 0 Å². The van der Waals surface area contributed by atoms with Gasteiger partial charge in [0.25, 0.3) is 0 Å². The molecule has 0 radical (unpaired) electrons. The summed E-state index contributed by atoms with van der Waals surface area (Å²) in [7, 11) is -1.64. The number of benzene rings is 3. The van der Waals surface area contributed by atoms with E-state index in [4.69, 9.17) is 0 Å². The van der Waals surface area contributed by atoms with Gasteiger partial charge in [0.2, 0.25) is 0 Å². The van der Waals surface area contributed by atoms with Crippen LogP contribution in [0.25, 0.3) is 0 Å². The molecule has 124 valence electrons. The SMILES string of the molecule is Br.CCC(C)[P+](c1ccccc1)(c1ccccc1)c1ccccc1. The zero-order valence-electron chi connectivity index (χ0n) is 14.3. The van der Waals surface area contributed by atoms with Crippen LogP contribution in [0.5, 0.6) is 0 Å². The molecule has 3 aromatic carbocycles. The van der Waals surface area contributed by atoms with Gasteiger partial charge in [0.1, 0.15) is 23.2 Å². The molecular weight excluding hydrogens is 375 g/mol. The molecule has 0 heterocycles. The minimum Gasteiger partial charge on any atom is -0.114 e. The molecule has 3 aromatic rings. The first-order valence-electron chi connectivity index (χ1n) is 8.35.